The molecule has 0 aliphatic carbocycles. The molecule has 0 radical (unpaired) electrons. The van der Waals surface area contributed by atoms with Crippen LogP contribution in [0.5, 0.6) is 0 Å². The van der Waals surface area contributed by atoms with Gasteiger partial charge in [0.05, 0.1) is 0 Å². The number of anilines is 1. The van der Waals surface area contributed by atoms with Crippen molar-refractivity contribution in [1.29, 1.82) is 0 Å². The van der Waals surface area contributed by atoms with Gasteiger partial charge in [0, 0.05) is 11.2 Å². The first-order chi connectivity index (χ1) is 8.19. The number of carbonyl (C=O) groups is 1. The second-order valence-electron chi connectivity index (χ2n) is 5.90. The predicted octanol–water partition coefficient (Wildman–Crippen LogP) is 3.02. The van der Waals surface area contributed by atoms with Gasteiger partial charge in [-0.3, -0.25) is 4.79 Å². The quantitative estimate of drug-likeness (QED) is 0.863. The molecule has 3 heteroatoms. The molecule has 0 aliphatic rings. The summed E-state index contributed by atoms with van der Waals surface area (Å²) in [6.07, 6.45) is 0. The van der Waals surface area contributed by atoms with Crippen molar-refractivity contribution in [3.63, 3.8) is 0 Å². The van der Waals surface area contributed by atoms with Gasteiger partial charge in [-0.1, -0.05) is 6.07 Å². The lowest BCUT2D eigenvalue weighted by molar-refractivity contribution is -0.122. The molecule has 1 amide bonds. The van der Waals surface area contributed by atoms with Crippen molar-refractivity contribution in [2.45, 2.75) is 53.1 Å². The third-order valence-electron chi connectivity index (χ3n) is 2.78. The van der Waals surface area contributed by atoms with Crippen LogP contribution >= 0.6 is 0 Å². The molecule has 2 N–H and O–H groups in total. The predicted molar refractivity (Wildman–Crippen MR) is 76.9 cm³/mol. The van der Waals surface area contributed by atoms with Crippen LogP contribution in [0.4, 0.5) is 5.69 Å². The van der Waals surface area contributed by atoms with Crippen molar-refractivity contribution in [3.8, 4) is 0 Å². The second kappa shape index (κ2) is 5.42. The van der Waals surface area contributed by atoms with Gasteiger partial charge in [-0.15, -0.1) is 0 Å². The first kappa shape index (κ1) is 14.6. The normalized spacial score (nSPS) is 13.0. The van der Waals surface area contributed by atoms with E-state index in [0.29, 0.717) is 0 Å². The fraction of sp³-hybridized carbons (Fsp3) is 0.533. The summed E-state index contributed by atoms with van der Waals surface area (Å²) in [7, 11) is 0. The van der Waals surface area contributed by atoms with Crippen LogP contribution in [0, 0.1) is 13.8 Å². The first-order valence-electron chi connectivity index (χ1n) is 6.35. The summed E-state index contributed by atoms with van der Waals surface area (Å²) < 4.78 is 0. The molecule has 0 bridgehead atoms. The van der Waals surface area contributed by atoms with Gasteiger partial charge in [-0.2, -0.15) is 0 Å². The largest absolute Gasteiger partial charge is 0.374 e. The summed E-state index contributed by atoms with van der Waals surface area (Å²) in [5, 5.41) is 6.18. The standard InChI is InChI=1S/C15H24N2O/c1-10-7-8-13(9-11(10)2)16-12(3)14(18)17-15(4,5)6/h7-9,12,16H,1-6H3,(H,17,18)/t12-/m0/s1. The Hall–Kier alpha value is -1.51. The van der Waals surface area contributed by atoms with E-state index in [1.807, 2.05) is 33.8 Å². The van der Waals surface area contributed by atoms with Gasteiger partial charge in [0.15, 0.2) is 0 Å². The Morgan fingerprint density at radius 1 is 1.17 bits per heavy atom. The van der Waals surface area contributed by atoms with E-state index in [-0.39, 0.29) is 17.5 Å². The van der Waals surface area contributed by atoms with Crippen molar-refractivity contribution >= 4 is 11.6 Å². The van der Waals surface area contributed by atoms with E-state index < -0.39 is 0 Å². The average molecular weight is 248 g/mol. The Morgan fingerprint density at radius 3 is 2.28 bits per heavy atom. The summed E-state index contributed by atoms with van der Waals surface area (Å²) >= 11 is 0. The number of rotatable bonds is 3. The van der Waals surface area contributed by atoms with E-state index in [1.165, 1.54) is 11.1 Å². The first-order valence-corrected chi connectivity index (χ1v) is 6.35. The van der Waals surface area contributed by atoms with Crippen LogP contribution in [0.2, 0.25) is 0 Å². The highest BCUT2D eigenvalue weighted by Gasteiger charge is 2.18. The monoisotopic (exact) mass is 248 g/mol. The smallest absolute Gasteiger partial charge is 0.242 e. The molecule has 18 heavy (non-hydrogen) atoms. The van der Waals surface area contributed by atoms with Crippen LogP contribution in [0.3, 0.4) is 0 Å². The molecule has 1 aromatic rings. The maximum atomic E-state index is 11.9. The summed E-state index contributed by atoms with van der Waals surface area (Å²) in [5.41, 5.74) is 3.27. The number of carbonyl (C=O) groups excluding carboxylic acids is 1. The van der Waals surface area contributed by atoms with E-state index in [0.717, 1.165) is 5.69 Å². The zero-order valence-corrected chi connectivity index (χ0v) is 12.2. The molecule has 0 saturated carbocycles. The van der Waals surface area contributed by atoms with Gasteiger partial charge >= 0.3 is 0 Å². The highest BCUT2D eigenvalue weighted by Crippen LogP contribution is 2.15. The van der Waals surface area contributed by atoms with Crippen molar-refractivity contribution in [1.82, 2.24) is 5.32 Å². The third-order valence-corrected chi connectivity index (χ3v) is 2.78. The second-order valence-corrected chi connectivity index (χ2v) is 5.90. The topological polar surface area (TPSA) is 41.1 Å². The fourth-order valence-corrected chi connectivity index (χ4v) is 1.62. The number of benzene rings is 1. The van der Waals surface area contributed by atoms with E-state index in [4.69, 9.17) is 0 Å². The van der Waals surface area contributed by atoms with Crippen molar-refractivity contribution in [2.75, 3.05) is 5.32 Å². The molecule has 0 unspecified atom stereocenters. The molecule has 100 valence electrons. The lowest BCUT2D eigenvalue weighted by Crippen LogP contribution is -2.47. The van der Waals surface area contributed by atoms with Gasteiger partial charge in [0.25, 0.3) is 0 Å². The average Bonchev–Trinajstić information content (AvgIpc) is 2.21. The van der Waals surface area contributed by atoms with Crippen LogP contribution in [0.1, 0.15) is 38.8 Å². The Bertz CT molecular complexity index is 433. The molecule has 1 atom stereocenters. The highest BCUT2D eigenvalue weighted by molar-refractivity contribution is 5.84. The van der Waals surface area contributed by atoms with Gasteiger partial charge in [-0.25, -0.2) is 0 Å². The van der Waals surface area contributed by atoms with Crippen LogP contribution < -0.4 is 10.6 Å². The van der Waals surface area contributed by atoms with Gasteiger partial charge in [0.2, 0.25) is 5.91 Å². The lowest BCUT2D eigenvalue weighted by atomic mass is 10.1. The molecule has 1 aromatic carbocycles. The van der Waals surface area contributed by atoms with Crippen LogP contribution in [0.25, 0.3) is 0 Å². The number of aryl methyl sites for hydroxylation is 2. The molecule has 0 aromatic heterocycles. The van der Waals surface area contributed by atoms with Crippen molar-refractivity contribution in [3.05, 3.63) is 29.3 Å². The van der Waals surface area contributed by atoms with Gasteiger partial charge in [-0.05, 0) is 64.8 Å². The minimum atomic E-state index is -0.244. The number of amides is 1. The van der Waals surface area contributed by atoms with Gasteiger partial charge < -0.3 is 10.6 Å². The Balaban J connectivity index is 2.66. The Labute approximate surface area is 110 Å². The lowest BCUT2D eigenvalue weighted by Gasteiger charge is -2.24. The SMILES string of the molecule is Cc1ccc(N[C@@H](C)C(=O)NC(C)(C)C)cc1C. The minimum Gasteiger partial charge on any atom is -0.374 e. The van der Waals surface area contributed by atoms with Crippen LogP contribution in [-0.4, -0.2) is 17.5 Å². The summed E-state index contributed by atoms with van der Waals surface area (Å²) in [6.45, 7) is 12.0. The maximum Gasteiger partial charge on any atom is 0.242 e. The molecule has 0 saturated heterocycles. The van der Waals surface area contributed by atoms with E-state index >= 15 is 0 Å². The zero-order chi connectivity index (χ0) is 13.9. The minimum absolute atomic E-state index is 0.0146. The fourth-order valence-electron chi connectivity index (χ4n) is 1.62. The highest BCUT2D eigenvalue weighted by atomic mass is 16.2. The summed E-state index contributed by atoms with van der Waals surface area (Å²) in [5.74, 6) is 0.0146. The Kier molecular flexibility index (Phi) is 4.38. The molecule has 0 aliphatic heterocycles. The number of hydrogen-bond acceptors (Lipinski definition) is 2. The maximum absolute atomic E-state index is 11.9. The zero-order valence-electron chi connectivity index (χ0n) is 12.2. The molecule has 1 rings (SSSR count). The molecular weight excluding hydrogens is 224 g/mol. The van der Waals surface area contributed by atoms with Crippen molar-refractivity contribution in [2.24, 2.45) is 0 Å². The molecular formula is C15H24N2O. The molecule has 0 fully saturated rings. The third kappa shape index (κ3) is 4.40. The molecule has 3 nitrogen and oxygen atoms in total. The van der Waals surface area contributed by atoms with Gasteiger partial charge in [0.1, 0.15) is 6.04 Å². The van der Waals surface area contributed by atoms with E-state index in [1.54, 1.807) is 0 Å². The summed E-state index contributed by atoms with van der Waals surface area (Å²) in [6, 6.07) is 5.89. The van der Waals surface area contributed by atoms with Crippen LogP contribution in [-0.2, 0) is 4.79 Å². The number of hydrogen-bond donors (Lipinski definition) is 2. The Morgan fingerprint density at radius 2 is 1.78 bits per heavy atom. The van der Waals surface area contributed by atoms with Crippen LogP contribution in [0.15, 0.2) is 18.2 Å². The molecule has 0 heterocycles. The van der Waals surface area contributed by atoms with E-state index in [9.17, 15) is 4.79 Å². The van der Waals surface area contributed by atoms with E-state index in [2.05, 4.69) is 36.6 Å². The van der Waals surface area contributed by atoms with Crippen molar-refractivity contribution < 1.29 is 4.79 Å². The summed E-state index contributed by atoms with van der Waals surface area (Å²) in [4.78, 5) is 11.9. The number of nitrogens with one attached hydrogen (secondary N) is 2. The molecule has 0 spiro atoms.